The Morgan fingerprint density at radius 3 is 2.25 bits per heavy atom. The summed E-state index contributed by atoms with van der Waals surface area (Å²) in [6.07, 6.45) is 8.98. The Morgan fingerprint density at radius 2 is 1.49 bits per heavy atom. The number of hydrogen-bond donors (Lipinski definition) is 3. The number of carbonyl (C=O) groups is 5. The smallest absolute Gasteiger partial charge is 0.262 e. The summed E-state index contributed by atoms with van der Waals surface area (Å²) >= 11 is 0. The highest BCUT2D eigenvalue weighted by Crippen LogP contribution is 2.36. The highest BCUT2D eigenvalue weighted by atomic mass is 16.2. The third-order valence-corrected chi connectivity index (χ3v) is 13.6. The zero-order valence-corrected chi connectivity index (χ0v) is 35.1. The molecular weight excluding hydrogens is 799 g/mol. The van der Waals surface area contributed by atoms with Crippen LogP contribution in [0, 0.1) is 5.92 Å². The van der Waals surface area contributed by atoms with Gasteiger partial charge in [0.05, 0.1) is 23.9 Å². The van der Waals surface area contributed by atoms with Gasteiger partial charge in [0.15, 0.2) is 17.0 Å². The largest absolute Gasteiger partial charge is 0.371 e. The van der Waals surface area contributed by atoms with Crippen LogP contribution < -0.4 is 25.8 Å². The second kappa shape index (κ2) is 17.2. The molecule has 324 valence electrons. The minimum Gasteiger partial charge on any atom is -0.371 e. The fourth-order valence-corrected chi connectivity index (χ4v) is 9.83. The number of anilines is 4. The summed E-state index contributed by atoms with van der Waals surface area (Å²) in [5, 5.41) is 8.88. The van der Waals surface area contributed by atoms with Gasteiger partial charge in [0, 0.05) is 74.8 Å². The van der Waals surface area contributed by atoms with Crippen LogP contribution in [0.25, 0.3) is 11.2 Å². The minimum atomic E-state index is -0.962. The van der Waals surface area contributed by atoms with E-state index in [4.69, 9.17) is 0 Å². The van der Waals surface area contributed by atoms with Crippen LogP contribution in [-0.4, -0.2) is 117 Å². The summed E-state index contributed by atoms with van der Waals surface area (Å²) in [5.74, 6) is -0.593. The highest BCUT2D eigenvalue weighted by Gasteiger charge is 2.45. The van der Waals surface area contributed by atoms with Crippen molar-refractivity contribution in [1.82, 2.24) is 40.0 Å². The quantitative estimate of drug-likeness (QED) is 0.151. The molecule has 0 unspecified atom stereocenters. The maximum atomic E-state index is 13.3. The van der Waals surface area contributed by atoms with Crippen molar-refractivity contribution in [3.63, 3.8) is 0 Å². The van der Waals surface area contributed by atoms with Crippen LogP contribution in [0.2, 0.25) is 0 Å². The van der Waals surface area contributed by atoms with Crippen molar-refractivity contribution in [3.05, 3.63) is 102 Å². The first-order chi connectivity index (χ1) is 30.7. The monoisotopic (exact) mass is 849 g/mol. The Labute approximate surface area is 365 Å². The van der Waals surface area contributed by atoms with Crippen molar-refractivity contribution in [2.45, 2.75) is 69.5 Å². The van der Waals surface area contributed by atoms with Crippen LogP contribution in [0.3, 0.4) is 0 Å². The third-order valence-electron chi connectivity index (χ3n) is 13.6. The number of imide groups is 2. The zero-order chi connectivity index (χ0) is 43.0. The van der Waals surface area contributed by atoms with Crippen LogP contribution in [0.15, 0.2) is 85.5 Å². The topological polar surface area (TPSA) is 178 Å². The predicted molar refractivity (Wildman–Crippen MR) is 237 cm³/mol. The second-order valence-corrected chi connectivity index (χ2v) is 17.5. The lowest BCUT2D eigenvalue weighted by atomic mass is 9.86. The van der Waals surface area contributed by atoms with E-state index < -0.39 is 23.8 Å². The molecule has 6 heterocycles. The van der Waals surface area contributed by atoms with Gasteiger partial charge in [-0.3, -0.25) is 39.1 Å². The Morgan fingerprint density at radius 1 is 0.762 bits per heavy atom. The van der Waals surface area contributed by atoms with Gasteiger partial charge in [-0.1, -0.05) is 30.3 Å². The van der Waals surface area contributed by atoms with Gasteiger partial charge in [-0.2, -0.15) is 0 Å². The normalized spacial score (nSPS) is 22.0. The van der Waals surface area contributed by atoms with E-state index in [2.05, 4.69) is 74.4 Å². The van der Waals surface area contributed by atoms with Gasteiger partial charge in [0.2, 0.25) is 17.7 Å². The molecule has 1 aliphatic carbocycles. The lowest BCUT2D eigenvalue weighted by Crippen LogP contribution is -2.54. The van der Waals surface area contributed by atoms with Crippen molar-refractivity contribution in [2.24, 2.45) is 5.92 Å². The number of piperazine rings is 1. The van der Waals surface area contributed by atoms with Crippen LogP contribution in [0.5, 0.6) is 0 Å². The molecule has 5 amide bonds. The van der Waals surface area contributed by atoms with Crippen molar-refractivity contribution in [1.29, 1.82) is 0 Å². The molecule has 2 aromatic heterocycles. The van der Waals surface area contributed by atoms with Gasteiger partial charge in [0.1, 0.15) is 12.4 Å². The molecule has 0 bridgehead atoms. The lowest BCUT2D eigenvalue weighted by molar-refractivity contribution is -0.136. The number of rotatable bonds is 12. The molecule has 4 fully saturated rings. The molecular formula is C47H51N11O5. The number of hydrogen-bond acceptors (Lipinski definition) is 12. The molecule has 16 heteroatoms. The predicted octanol–water partition coefficient (Wildman–Crippen LogP) is 4.46. The van der Waals surface area contributed by atoms with E-state index in [9.17, 15) is 24.0 Å². The van der Waals surface area contributed by atoms with E-state index in [1.807, 2.05) is 42.7 Å². The molecule has 0 radical (unpaired) electrons. The fourth-order valence-electron chi connectivity index (χ4n) is 9.83. The molecule has 3 N–H and O–H groups in total. The summed E-state index contributed by atoms with van der Waals surface area (Å²) in [5.41, 5.74) is 6.19. The summed E-state index contributed by atoms with van der Waals surface area (Å²) in [6.45, 7) is 6.79. The molecule has 0 spiro atoms. The average Bonchev–Trinajstić information content (AvgIpc) is 3.83. The maximum absolute atomic E-state index is 13.3. The molecule has 3 aromatic carbocycles. The van der Waals surface area contributed by atoms with Crippen LogP contribution >= 0.6 is 0 Å². The van der Waals surface area contributed by atoms with Gasteiger partial charge in [-0.15, -0.1) is 0 Å². The van der Waals surface area contributed by atoms with E-state index in [-0.39, 0.29) is 36.7 Å². The first kappa shape index (κ1) is 40.4. The SMILES string of the molecule is O=C1CC[C@H](N2C(=O)c3ccc(N4CCC(CCN5CCN(c6ccc(Nc7ncnc8c7ncn8C7CC(NC(=O)Cc8ccccc8)C7)cc6)CC5)CC4)cc3C2=O)C(=O)N1. The number of benzene rings is 3. The Balaban J connectivity index is 0.658. The third kappa shape index (κ3) is 8.34. The Kier molecular flexibility index (Phi) is 11.1. The van der Waals surface area contributed by atoms with E-state index in [1.165, 1.54) is 5.69 Å². The number of imidazole rings is 1. The van der Waals surface area contributed by atoms with Gasteiger partial charge in [-0.05, 0) is 99.0 Å². The number of carbonyl (C=O) groups excluding carboxylic acids is 5. The van der Waals surface area contributed by atoms with Crippen LogP contribution in [-0.2, 0) is 20.8 Å². The number of nitrogens with zero attached hydrogens (tertiary/aromatic N) is 8. The number of nitrogens with one attached hydrogen (secondary N) is 3. The van der Waals surface area contributed by atoms with Crippen molar-refractivity contribution >= 4 is 63.6 Å². The van der Waals surface area contributed by atoms with Crippen molar-refractivity contribution in [3.8, 4) is 0 Å². The van der Waals surface area contributed by atoms with Crippen LogP contribution in [0.4, 0.5) is 22.9 Å². The molecule has 63 heavy (non-hydrogen) atoms. The molecule has 4 aliphatic heterocycles. The molecule has 16 nitrogen and oxygen atoms in total. The Bertz CT molecular complexity index is 2540. The number of piperidine rings is 2. The van der Waals surface area contributed by atoms with E-state index in [0.717, 1.165) is 111 Å². The van der Waals surface area contributed by atoms with E-state index >= 15 is 0 Å². The molecule has 5 aromatic rings. The molecule has 10 rings (SSSR count). The number of amides is 5. The molecule has 1 atom stereocenters. The highest BCUT2D eigenvalue weighted by molar-refractivity contribution is 6.23. The van der Waals surface area contributed by atoms with Gasteiger partial charge in [-0.25, -0.2) is 15.0 Å². The summed E-state index contributed by atoms with van der Waals surface area (Å²) in [7, 11) is 0. The number of aromatic nitrogens is 4. The standard InChI is InChI=1S/C47H51N11O5/c59-40-13-12-39(45(61)53-40)58-46(62)37-11-10-35(27-38(37)47(58)63)55-18-15-30(16-19-55)14-17-54-20-22-56(23-21-54)34-8-6-32(7-9-34)52-43-42-44(49-28-48-43)57(29-50-42)36-25-33(26-36)51-41(60)24-31-4-2-1-3-5-31/h1-11,27-30,33,36,39H,12-26H2,(H,51,60)(H,48,49,52)(H,53,59,61)/t33?,36?,39-/m0/s1. The average molecular weight is 850 g/mol. The number of fused-ring (bicyclic) bond motifs is 2. The zero-order valence-electron chi connectivity index (χ0n) is 35.1. The first-order valence-corrected chi connectivity index (χ1v) is 22.2. The summed E-state index contributed by atoms with van der Waals surface area (Å²) in [6, 6.07) is 23.1. The Hall–Kier alpha value is -6.68. The molecule has 1 saturated carbocycles. The van der Waals surface area contributed by atoms with Crippen molar-refractivity contribution in [2.75, 3.05) is 60.9 Å². The van der Waals surface area contributed by atoms with Crippen LogP contribution in [0.1, 0.15) is 77.3 Å². The minimum absolute atomic E-state index is 0.0465. The first-order valence-electron chi connectivity index (χ1n) is 22.2. The molecule has 5 aliphatic rings. The second-order valence-electron chi connectivity index (χ2n) is 17.5. The summed E-state index contributed by atoms with van der Waals surface area (Å²) < 4.78 is 2.10. The molecule has 3 saturated heterocycles. The lowest BCUT2D eigenvalue weighted by Gasteiger charge is -2.38. The fraction of sp³-hybridized carbons (Fsp3) is 0.404. The van der Waals surface area contributed by atoms with Gasteiger partial charge in [0.25, 0.3) is 11.8 Å². The van der Waals surface area contributed by atoms with Gasteiger partial charge >= 0.3 is 0 Å². The van der Waals surface area contributed by atoms with E-state index in [0.29, 0.717) is 29.3 Å². The van der Waals surface area contributed by atoms with E-state index in [1.54, 1.807) is 18.5 Å². The van der Waals surface area contributed by atoms with Gasteiger partial charge < -0.3 is 25.0 Å². The van der Waals surface area contributed by atoms with Crippen molar-refractivity contribution < 1.29 is 24.0 Å². The summed E-state index contributed by atoms with van der Waals surface area (Å²) in [4.78, 5) is 85.2. The maximum Gasteiger partial charge on any atom is 0.262 e.